The molecule has 3 fully saturated rings. The van der Waals surface area contributed by atoms with E-state index < -0.39 is 11.6 Å². The van der Waals surface area contributed by atoms with Gasteiger partial charge in [0.2, 0.25) is 5.91 Å². The summed E-state index contributed by atoms with van der Waals surface area (Å²) in [5, 5.41) is 5.10. The number of hydrogen-bond acceptors (Lipinski definition) is 4. The third-order valence-electron chi connectivity index (χ3n) is 5.62. The maximum absolute atomic E-state index is 12.9. The summed E-state index contributed by atoms with van der Waals surface area (Å²) in [5.41, 5.74) is -0.869. The number of amides is 4. The highest BCUT2D eigenvalue weighted by molar-refractivity contribution is 6.07. The van der Waals surface area contributed by atoms with Crippen LogP contribution in [0.1, 0.15) is 40.0 Å². The Balaban J connectivity index is 1.68. The predicted octanol–water partition coefficient (Wildman–Crippen LogP) is 0.553. The topological polar surface area (TPSA) is 81.8 Å². The first-order valence-corrected chi connectivity index (χ1v) is 8.97. The zero-order valence-electron chi connectivity index (χ0n) is 14.8. The number of imide groups is 1. The van der Waals surface area contributed by atoms with Crippen molar-refractivity contribution in [3.05, 3.63) is 0 Å². The van der Waals surface area contributed by atoms with Crippen molar-refractivity contribution < 1.29 is 14.4 Å². The van der Waals surface area contributed by atoms with E-state index in [1.54, 1.807) is 0 Å². The number of urea groups is 1. The third-order valence-corrected chi connectivity index (χ3v) is 5.62. The molecule has 3 heterocycles. The SMILES string of the molecule is C[C@@H]1C[C@H](C)CN(C(=O)[C@@H](C)N2CCC[C@]3(C2)NC(=O)NC3=O)C1. The maximum Gasteiger partial charge on any atom is 0.322 e. The molecule has 7 heteroatoms. The fraction of sp³-hybridized carbons (Fsp3) is 0.824. The minimum absolute atomic E-state index is 0.134. The first-order chi connectivity index (χ1) is 11.3. The predicted molar refractivity (Wildman–Crippen MR) is 89.2 cm³/mol. The molecule has 0 aromatic carbocycles. The maximum atomic E-state index is 12.9. The summed E-state index contributed by atoms with van der Waals surface area (Å²) < 4.78 is 0. The Morgan fingerprint density at radius 2 is 1.92 bits per heavy atom. The molecule has 0 aliphatic carbocycles. The Hall–Kier alpha value is -1.63. The average molecular weight is 336 g/mol. The van der Waals surface area contributed by atoms with E-state index in [0.29, 0.717) is 24.8 Å². The Morgan fingerprint density at radius 1 is 1.25 bits per heavy atom. The Labute approximate surface area is 143 Å². The van der Waals surface area contributed by atoms with Crippen LogP contribution in [0.25, 0.3) is 0 Å². The molecule has 134 valence electrons. The van der Waals surface area contributed by atoms with Crippen molar-refractivity contribution in [3.63, 3.8) is 0 Å². The van der Waals surface area contributed by atoms with Crippen molar-refractivity contribution in [1.82, 2.24) is 20.4 Å². The summed E-state index contributed by atoms with van der Waals surface area (Å²) in [7, 11) is 0. The van der Waals surface area contributed by atoms with E-state index in [1.165, 1.54) is 0 Å². The van der Waals surface area contributed by atoms with E-state index in [-0.39, 0.29) is 17.9 Å². The van der Waals surface area contributed by atoms with Crippen LogP contribution < -0.4 is 10.6 Å². The zero-order valence-corrected chi connectivity index (χ0v) is 14.8. The van der Waals surface area contributed by atoms with Crippen molar-refractivity contribution in [2.24, 2.45) is 11.8 Å². The molecule has 0 saturated carbocycles. The number of piperidine rings is 2. The zero-order chi connectivity index (χ0) is 17.5. The Bertz CT molecular complexity index is 542. The first kappa shape index (κ1) is 17.2. The lowest BCUT2D eigenvalue weighted by atomic mass is 9.88. The number of carbonyl (C=O) groups excluding carboxylic acids is 3. The normalized spacial score (nSPS) is 35.7. The van der Waals surface area contributed by atoms with Crippen LogP contribution in [0.15, 0.2) is 0 Å². The number of carbonyl (C=O) groups is 3. The van der Waals surface area contributed by atoms with Gasteiger partial charge in [-0.2, -0.15) is 0 Å². The summed E-state index contributed by atoms with van der Waals surface area (Å²) in [6.45, 7) is 9.09. The summed E-state index contributed by atoms with van der Waals surface area (Å²) in [6, 6.07) is -0.704. The second kappa shape index (κ2) is 6.35. The molecule has 4 atom stereocenters. The number of nitrogens with one attached hydrogen (secondary N) is 2. The van der Waals surface area contributed by atoms with Crippen LogP contribution in [0.4, 0.5) is 4.79 Å². The molecule has 2 N–H and O–H groups in total. The molecule has 3 saturated heterocycles. The number of hydrogen-bond donors (Lipinski definition) is 2. The van der Waals surface area contributed by atoms with Crippen LogP contribution in [-0.2, 0) is 9.59 Å². The van der Waals surface area contributed by atoms with Crippen LogP contribution in [-0.4, -0.2) is 65.4 Å². The highest BCUT2D eigenvalue weighted by Gasteiger charge is 2.50. The van der Waals surface area contributed by atoms with E-state index in [1.807, 2.05) is 16.7 Å². The fourth-order valence-electron chi connectivity index (χ4n) is 4.50. The van der Waals surface area contributed by atoms with Gasteiger partial charge in [0.15, 0.2) is 0 Å². The van der Waals surface area contributed by atoms with Crippen molar-refractivity contribution >= 4 is 17.8 Å². The van der Waals surface area contributed by atoms with E-state index in [9.17, 15) is 14.4 Å². The summed E-state index contributed by atoms with van der Waals surface area (Å²) in [5.74, 6) is 0.919. The molecule has 0 aromatic rings. The molecule has 24 heavy (non-hydrogen) atoms. The van der Waals surface area contributed by atoms with Gasteiger partial charge in [-0.1, -0.05) is 13.8 Å². The summed E-state index contributed by atoms with van der Waals surface area (Å²) >= 11 is 0. The van der Waals surface area contributed by atoms with Gasteiger partial charge < -0.3 is 10.2 Å². The van der Waals surface area contributed by atoms with Gasteiger partial charge in [-0.25, -0.2) is 4.79 Å². The molecule has 0 aromatic heterocycles. The molecule has 7 nitrogen and oxygen atoms in total. The van der Waals surface area contributed by atoms with Crippen molar-refractivity contribution in [1.29, 1.82) is 0 Å². The van der Waals surface area contributed by atoms with Gasteiger partial charge in [0, 0.05) is 19.6 Å². The van der Waals surface area contributed by atoms with Crippen molar-refractivity contribution in [2.75, 3.05) is 26.2 Å². The summed E-state index contributed by atoms with van der Waals surface area (Å²) in [4.78, 5) is 40.6. The highest BCUT2D eigenvalue weighted by atomic mass is 16.2. The van der Waals surface area contributed by atoms with Crippen LogP contribution >= 0.6 is 0 Å². The minimum atomic E-state index is -0.869. The molecule has 4 amide bonds. The molecule has 3 aliphatic rings. The molecule has 1 spiro atoms. The molecule has 3 rings (SSSR count). The van der Waals surface area contributed by atoms with Gasteiger partial charge in [-0.15, -0.1) is 0 Å². The van der Waals surface area contributed by atoms with E-state index in [2.05, 4.69) is 24.5 Å². The van der Waals surface area contributed by atoms with Crippen LogP contribution in [0.5, 0.6) is 0 Å². The summed E-state index contributed by atoms with van der Waals surface area (Å²) in [6.07, 6.45) is 2.58. The average Bonchev–Trinajstić information content (AvgIpc) is 2.78. The molecule has 3 aliphatic heterocycles. The van der Waals surface area contributed by atoms with E-state index in [4.69, 9.17) is 0 Å². The largest absolute Gasteiger partial charge is 0.341 e. The van der Waals surface area contributed by atoms with Crippen LogP contribution in [0, 0.1) is 11.8 Å². The smallest absolute Gasteiger partial charge is 0.322 e. The van der Waals surface area contributed by atoms with Gasteiger partial charge in [-0.05, 0) is 44.6 Å². The number of likely N-dealkylation sites (tertiary alicyclic amines) is 2. The first-order valence-electron chi connectivity index (χ1n) is 8.97. The molecule has 0 radical (unpaired) electrons. The van der Waals surface area contributed by atoms with Crippen LogP contribution in [0.3, 0.4) is 0 Å². The second-order valence-electron chi connectivity index (χ2n) is 7.93. The van der Waals surface area contributed by atoms with E-state index >= 15 is 0 Å². The molecular weight excluding hydrogens is 308 g/mol. The van der Waals surface area contributed by atoms with Gasteiger partial charge >= 0.3 is 6.03 Å². The third kappa shape index (κ3) is 3.14. The molecule has 0 unspecified atom stereocenters. The van der Waals surface area contributed by atoms with E-state index in [0.717, 1.165) is 32.5 Å². The van der Waals surface area contributed by atoms with Gasteiger partial charge in [0.05, 0.1) is 6.04 Å². The Kier molecular flexibility index (Phi) is 4.55. The van der Waals surface area contributed by atoms with Gasteiger partial charge in [-0.3, -0.25) is 19.8 Å². The quantitative estimate of drug-likeness (QED) is 0.722. The lowest BCUT2D eigenvalue weighted by Gasteiger charge is -2.43. The minimum Gasteiger partial charge on any atom is -0.341 e. The Morgan fingerprint density at radius 3 is 2.50 bits per heavy atom. The monoisotopic (exact) mass is 336 g/mol. The lowest BCUT2D eigenvalue weighted by molar-refractivity contribution is -0.141. The van der Waals surface area contributed by atoms with Crippen molar-refractivity contribution in [3.8, 4) is 0 Å². The lowest BCUT2D eigenvalue weighted by Crippen LogP contribution is -2.62. The highest BCUT2D eigenvalue weighted by Crippen LogP contribution is 2.27. The number of nitrogens with zero attached hydrogens (tertiary/aromatic N) is 2. The molecule has 0 bridgehead atoms. The fourth-order valence-corrected chi connectivity index (χ4v) is 4.50. The van der Waals surface area contributed by atoms with Crippen molar-refractivity contribution in [2.45, 2.75) is 51.6 Å². The molecular formula is C17H28N4O3. The number of rotatable bonds is 2. The van der Waals surface area contributed by atoms with Gasteiger partial charge in [0.25, 0.3) is 5.91 Å². The standard InChI is InChI=1S/C17H28N4O3/c1-11-7-12(2)9-21(8-11)14(22)13(3)20-6-4-5-17(10-20)15(23)18-16(24)19-17/h11-13H,4-10H2,1-3H3,(H2,18,19,23,24)/t11-,12+,13-,17-/m1/s1. The second-order valence-corrected chi connectivity index (χ2v) is 7.93. The van der Waals surface area contributed by atoms with Gasteiger partial charge in [0.1, 0.15) is 5.54 Å². The van der Waals surface area contributed by atoms with Crippen LogP contribution in [0.2, 0.25) is 0 Å².